The molecule has 0 aromatic rings. The van der Waals surface area contributed by atoms with E-state index in [1.54, 1.807) is 0 Å². The Balaban J connectivity index is 2.98. The lowest BCUT2D eigenvalue weighted by atomic mass is 10.0. The van der Waals surface area contributed by atoms with Gasteiger partial charge in [0.05, 0.1) is 66.1 Å². The lowest BCUT2D eigenvalue weighted by molar-refractivity contribution is -0.0134. The van der Waals surface area contributed by atoms with Crippen molar-refractivity contribution >= 4 is 0 Å². The van der Waals surface area contributed by atoms with Crippen LogP contribution in [0.5, 0.6) is 0 Å². The van der Waals surface area contributed by atoms with Crippen molar-refractivity contribution in [1.29, 1.82) is 0 Å². The summed E-state index contributed by atoms with van der Waals surface area (Å²) in [6, 6.07) is 0. The molecule has 0 bridgehead atoms. The summed E-state index contributed by atoms with van der Waals surface area (Å²) in [5.41, 5.74) is 0. The number of rotatable bonds is 25. The monoisotopic (exact) mass is 420 g/mol. The van der Waals surface area contributed by atoms with E-state index in [9.17, 15) is 0 Å². The molecule has 0 saturated heterocycles. The Labute approximate surface area is 179 Å². The Hall–Kier alpha value is -0.240. The van der Waals surface area contributed by atoms with E-state index >= 15 is 0 Å². The minimum absolute atomic E-state index is 0.0486. The highest BCUT2D eigenvalue weighted by molar-refractivity contribution is 4.49. The first kappa shape index (κ1) is 28.8. The predicted octanol–water partition coefficient (Wildman–Crippen LogP) is 4.23. The van der Waals surface area contributed by atoms with E-state index in [4.69, 9.17) is 28.8 Å². The molecule has 0 aliphatic carbocycles. The second-order valence-corrected chi connectivity index (χ2v) is 7.80. The van der Waals surface area contributed by atoms with Gasteiger partial charge in [0, 0.05) is 6.61 Å². The largest absolute Gasteiger partial charge is 0.394 e. The molecule has 0 radical (unpaired) electrons. The van der Waals surface area contributed by atoms with Crippen LogP contribution < -0.4 is 0 Å². The van der Waals surface area contributed by atoms with Gasteiger partial charge in [0.25, 0.3) is 0 Å². The molecule has 0 spiro atoms. The van der Waals surface area contributed by atoms with E-state index in [2.05, 4.69) is 13.8 Å². The summed E-state index contributed by atoms with van der Waals surface area (Å²) >= 11 is 0. The molecular formula is C23H48O6. The van der Waals surface area contributed by atoms with Crippen molar-refractivity contribution < 1.29 is 28.8 Å². The second-order valence-electron chi connectivity index (χ2n) is 7.80. The fraction of sp³-hybridized carbons (Fsp3) is 1.00. The Morgan fingerprint density at radius 1 is 0.448 bits per heavy atom. The first-order valence-corrected chi connectivity index (χ1v) is 11.8. The molecule has 0 heterocycles. The molecule has 0 rings (SSSR count). The van der Waals surface area contributed by atoms with Gasteiger partial charge in [-0.15, -0.1) is 0 Å². The van der Waals surface area contributed by atoms with Gasteiger partial charge in [-0.25, -0.2) is 0 Å². The van der Waals surface area contributed by atoms with E-state index in [1.165, 1.54) is 51.4 Å². The third kappa shape index (κ3) is 27.8. The van der Waals surface area contributed by atoms with Crippen molar-refractivity contribution in [2.24, 2.45) is 5.92 Å². The van der Waals surface area contributed by atoms with Gasteiger partial charge < -0.3 is 28.8 Å². The summed E-state index contributed by atoms with van der Waals surface area (Å²) < 4.78 is 26.9. The summed E-state index contributed by atoms with van der Waals surface area (Å²) in [4.78, 5) is 0. The molecule has 6 nitrogen and oxygen atoms in total. The predicted molar refractivity (Wildman–Crippen MR) is 118 cm³/mol. The van der Waals surface area contributed by atoms with Crippen LogP contribution in [0.1, 0.15) is 71.6 Å². The molecule has 0 aliphatic heterocycles. The van der Waals surface area contributed by atoms with Gasteiger partial charge in [0.15, 0.2) is 0 Å². The van der Waals surface area contributed by atoms with E-state index in [0.717, 1.165) is 18.9 Å². The number of aliphatic hydroxyl groups excluding tert-OH is 1. The Kier molecular flexibility index (Phi) is 25.6. The standard InChI is InChI=1S/C23H48O6/c1-23(2)11-9-7-5-3-4-6-8-10-13-25-15-17-27-19-21-29-22-20-28-18-16-26-14-12-24/h23-24H,3-22H2,1-2H3. The van der Waals surface area contributed by atoms with Crippen molar-refractivity contribution in [3.63, 3.8) is 0 Å². The lowest BCUT2D eigenvalue weighted by Crippen LogP contribution is -2.13. The molecule has 0 saturated carbocycles. The van der Waals surface area contributed by atoms with E-state index in [1.807, 2.05) is 0 Å². The number of aliphatic hydroxyl groups is 1. The molecule has 176 valence electrons. The van der Waals surface area contributed by atoms with Crippen LogP contribution in [-0.2, 0) is 23.7 Å². The molecular weight excluding hydrogens is 372 g/mol. The van der Waals surface area contributed by atoms with Crippen LogP contribution in [0.4, 0.5) is 0 Å². The number of ether oxygens (including phenoxy) is 5. The first-order valence-electron chi connectivity index (χ1n) is 11.8. The average Bonchev–Trinajstić information content (AvgIpc) is 2.71. The Bertz CT molecular complexity index is 289. The molecule has 6 heteroatoms. The molecule has 0 unspecified atom stereocenters. The zero-order valence-corrected chi connectivity index (χ0v) is 19.2. The van der Waals surface area contributed by atoms with Crippen LogP contribution in [0.3, 0.4) is 0 Å². The van der Waals surface area contributed by atoms with Crippen LogP contribution in [0.2, 0.25) is 0 Å². The van der Waals surface area contributed by atoms with Crippen LogP contribution in [0.15, 0.2) is 0 Å². The lowest BCUT2D eigenvalue weighted by Gasteiger charge is -2.08. The summed E-state index contributed by atoms with van der Waals surface area (Å²) in [5, 5.41) is 8.54. The molecule has 29 heavy (non-hydrogen) atoms. The maximum Gasteiger partial charge on any atom is 0.0701 e. The normalized spacial score (nSPS) is 11.6. The molecule has 0 aromatic carbocycles. The van der Waals surface area contributed by atoms with Crippen molar-refractivity contribution in [3.8, 4) is 0 Å². The summed E-state index contributed by atoms with van der Waals surface area (Å²) in [5.74, 6) is 0.855. The maximum atomic E-state index is 8.54. The van der Waals surface area contributed by atoms with Crippen molar-refractivity contribution in [1.82, 2.24) is 0 Å². The Morgan fingerprint density at radius 3 is 1.21 bits per heavy atom. The minimum atomic E-state index is 0.0486. The van der Waals surface area contributed by atoms with Gasteiger partial charge in [-0.1, -0.05) is 65.2 Å². The number of unbranched alkanes of at least 4 members (excludes halogenated alkanes) is 7. The smallest absolute Gasteiger partial charge is 0.0701 e. The van der Waals surface area contributed by atoms with Crippen LogP contribution >= 0.6 is 0 Å². The van der Waals surface area contributed by atoms with Gasteiger partial charge in [-0.05, 0) is 12.3 Å². The fourth-order valence-electron chi connectivity index (χ4n) is 2.86. The average molecular weight is 421 g/mol. The minimum Gasteiger partial charge on any atom is -0.394 e. The van der Waals surface area contributed by atoms with Crippen LogP contribution in [0, 0.1) is 5.92 Å². The van der Waals surface area contributed by atoms with Gasteiger partial charge in [-0.2, -0.15) is 0 Å². The van der Waals surface area contributed by atoms with Gasteiger partial charge in [0.1, 0.15) is 0 Å². The number of hydrogen-bond acceptors (Lipinski definition) is 6. The van der Waals surface area contributed by atoms with E-state index < -0.39 is 0 Å². The van der Waals surface area contributed by atoms with Crippen molar-refractivity contribution in [2.75, 3.05) is 72.7 Å². The summed E-state index contributed by atoms with van der Waals surface area (Å²) in [7, 11) is 0. The maximum absolute atomic E-state index is 8.54. The van der Waals surface area contributed by atoms with Crippen LogP contribution in [-0.4, -0.2) is 77.8 Å². The third-order valence-electron chi connectivity index (χ3n) is 4.54. The third-order valence-corrected chi connectivity index (χ3v) is 4.54. The van der Waals surface area contributed by atoms with Crippen LogP contribution in [0.25, 0.3) is 0 Å². The van der Waals surface area contributed by atoms with Gasteiger partial charge in [-0.3, -0.25) is 0 Å². The topological polar surface area (TPSA) is 66.4 Å². The zero-order valence-electron chi connectivity index (χ0n) is 19.2. The number of hydrogen-bond donors (Lipinski definition) is 1. The van der Waals surface area contributed by atoms with E-state index in [0.29, 0.717) is 59.5 Å². The quantitative estimate of drug-likeness (QED) is 0.223. The highest BCUT2D eigenvalue weighted by Gasteiger charge is 1.96. The van der Waals surface area contributed by atoms with Gasteiger partial charge >= 0.3 is 0 Å². The summed E-state index contributed by atoms with van der Waals surface area (Å²) in [6.07, 6.45) is 12.1. The van der Waals surface area contributed by atoms with Crippen molar-refractivity contribution in [3.05, 3.63) is 0 Å². The fourth-order valence-corrected chi connectivity index (χ4v) is 2.86. The molecule has 0 fully saturated rings. The first-order chi connectivity index (χ1) is 14.3. The SMILES string of the molecule is CC(C)CCCCCCCCCCOCCOCCOCCOCCOCCO. The zero-order chi connectivity index (χ0) is 21.3. The highest BCUT2D eigenvalue weighted by Crippen LogP contribution is 2.12. The second kappa shape index (κ2) is 25.8. The molecule has 0 amide bonds. The van der Waals surface area contributed by atoms with E-state index in [-0.39, 0.29) is 6.61 Å². The molecule has 0 aromatic heterocycles. The van der Waals surface area contributed by atoms with Crippen molar-refractivity contribution in [2.45, 2.75) is 71.6 Å². The molecule has 1 N–H and O–H groups in total. The highest BCUT2D eigenvalue weighted by atomic mass is 16.6. The molecule has 0 atom stereocenters. The summed E-state index contributed by atoms with van der Waals surface area (Å²) in [6.45, 7) is 10.4. The Morgan fingerprint density at radius 2 is 0.793 bits per heavy atom. The van der Waals surface area contributed by atoms with Gasteiger partial charge in [0.2, 0.25) is 0 Å². The molecule has 0 aliphatic rings.